The molecule has 4 rings (SSSR count). The molecule has 2 heterocycles. The van der Waals surface area contributed by atoms with Crippen molar-refractivity contribution in [3.8, 4) is 10.6 Å². The first-order chi connectivity index (χ1) is 10.4. The van der Waals surface area contributed by atoms with Crippen LogP contribution in [0.3, 0.4) is 0 Å². The number of hydrogen-bond donors (Lipinski definition) is 1. The number of aromatic nitrogens is 1. The van der Waals surface area contributed by atoms with Gasteiger partial charge < -0.3 is 5.32 Å². The molecule has 4 heteroatoms. The highest BCUT2D eigenvalue weighted by Gasteiger charge is 2.25. The number of benzene rings is 1. The highest BCUT2D eigenvalue weighted by Crippen LogP contribution is 2.40. The quantitative estimate of drug-likeness (QED) is 0.735. The number of nitrogens with zero attached hydrogens (tertiary/aromatic N) is 1. The Balaban J connectivity index is 1.80. The topological polar surface area (TPSA) is 24.9 Å². The van der Waals surface area contributed by atoms with E-state index in [0.29, 0.717) is 6.04 Å². The van der Waals surface area contributed by atoms with Gasteiger partial charge in [-0.15, -0.1) is 22.7 Å². The number of rotatable bonds is 3. The van der Waals surface area contributed by atoms with E-state index in [0.717, 1.165) is 6.54 Å². The predicted molar refractivity (Wildman–Crippen MR) is 92.3 cm³/mol. The number of thiophene rings is 1. The van der Waals surface area contributed by atoms with Crippen LogP contribution < -0.4 is 5.32 Å². The van der Waals surface area contributed by atoms with Gasteiger partial charge in [-0.05, 0) is 31.9 Å². The summed E-state index contributed by atoms with van der Waals surface area (Å²) in [6.07, 6.45) is 3.68. The molecule has 0 saturated heterocycles. The van der Waals surface area contributed by atoms with Gasteiger partial charge in [0.25, 0.3) is 0 Å². The monoisotopic (exact) mass is 314 g/mol. The van der Waals surface area contributed by atoms with Crippen molar-refractivity contribution in [1.29, 1.82) is 0 Å². The molecule has 21 heavy (non-hydrogen) atoms. The molecule has 0 spiro atoms. The molecule has 0 aliphatic heterocycles. The number of hydrogen-bond acceptors (Lipinski definition) is 4. The largest absolute Gasteiger partial charge is 0.309 e. The molecular weight excluding hydrogens is 296 g/mol. The van der Waals surface area contributed by atoms with Crippen LogP contribution in [-0.4, -0.2) is 11.5 Å². The molecule has 0 amide bonds. The number of thiazole rings is 1. The zero-order valence-electron chi connectivity index (χ0n) is 12.1. The van der Waals surface area contributed by atoms with Crippen LogP contribution in [0.15, 0.2) is 29.6 Å². The lowest BCUT2D eigenvalue weighted by Gasteiger charge is -2.21. The molecule has 1 atom stereocenters. The molecule has 1 N–H and O–H groups in total. The average molecular weight is 314 g/mol. The van der Waals surface area contributed by atoms with E-state index in [9.17, 15) is 0 Å². The lowest BCUT2D eigenvalue weighted by atomic mass is 9.97. The molecule has 1 aliphatic rings. The molecular formula is C17H18N2S2. The summed E-state index contributed by atoms with van der Waals surface area (Å²) in [6.45, 7) is 3.19. The number of aryl methyl sites for hydroxylation is 1. The van der Waals surface area contributed by atoms with Crippen molar-refractivity contribution in [3.63, 3.8) is 0 Å². The minimum atomic E-state index is 0.452. The molecule has 2 aromatic heterocycles. The SMILES string of the molecule is CCNC1CCCc2sc(-c3csc4ccccc34)nc21. The smallest absolute Gasteiger partial charge is 0.125 e. The van der Waals surface area contributed by atoms with Crippen molar-refractivity contribution in [3.05, 3.63) is 40.2 Å². The maximum absolute atomic E-state index is 5.01. The standard InChI is InChI=1S/C17H18N2S2/c1-2-18-13-7-5-9-15-16(13)19-17(21-15)12-10-20-14-8-4-3-6-11(12)14/h3-4,6,8,10,13,18H,2,5,7,9H2,1H3. The van der Waals surface area contributed by atoms with E-state index in [1.54, 1.807) is 0 Å². The summed E-state index contributed by atoms with van der Waals surface area (Å²) in [5.41, 5.74) is 2.61. The number of fused-ring (bicyclic) bond motifs is 2. The van der Waals surface area contributed by atoms with Crippen LogP contribution in [0, 0.1) is 0 Å². The van der Waals surface area contributed by atoms with Crippen LogP contribution in [0.4, 0.5) is 0 Å². The Bertz CT molecular complexity index is 772. The average Bonchev–Trinajstić information content (AvgIpc) is 3.11. The Labute approximate surface area is 132 Å². The van der Waals surface area contributed by atoms with E-state index in [1.165, 1.54) is 50.5 Å². The first kappa shape index (κ1) is 13.4. The first-order valence-electron chi connectivity index (χ1n) is 7.56. The molecule has 1 aliphatic carbocycles. The molecule has 1 aromatic carbocycles. The van der Waals surface area contributed by atoms with Crippen LogP contribution in [0.25, 0.3) is 20.7 Å². The fourth-order valence-electron chi connectivity index (χ4n) is 3.12. The van der Waals surface area contributed by atoms with Gasteiger partial charge in [0.2, 0.25) is 0 Å². The highest BCUT2D eigenvalue weighted by atomic mass is 32.1. The minimum Gasteiger partial charge on any atom is -0.309 e. The van der Waals surface area contributed by atoms with Gasteiger partial charge >= 0.3 is 0 Å². The lowest BCUT2D eigenvalue weighted by molar-refractivity contribution is 0.465. The Morgan fingerprint density at radius 1 is 1.33 bits per heavy atom. The number of nitrogens with one attached hydrogen (secondary N) is 1. The van der Waals surface area contributed by atoms with Gasteiger partial charge in [0, 0.05) is 25.9 Å². The molecule has 1 unspecified atom stereocenters. The van der Waals surface area contributed by atoms with Crippen LogP contribution in [0.2, 0.25) is 0 Å². The predicted octanol–water partition coefficient (Wildman–Crippen LogP) is 5.01. The molecule has 0 bridgehead atoms. The van der Waals surface area contributed by atoms with Crippen LogP contribution in [-0.2, 0) is 6.42 Å². The van der Waals surface area contributed by atoms with Crippen molar-refractivity contribution in [1.82, 2.24) is 10.3 Å². The van der Waals surface area contributed by atoms with Gasteiger partial charge in [-0.3, -0.25) is 0 Å². The lowest BCUT2D eigenvalue weighted by Crippen LogP contribution is -2.24. The van der Waals surface area contributed by atoms with E-state index >= 15 is 0 Å². The van der Waals surface area contributed by atoms with E-state index in [-0.39, 0.29) is 0 Å². The van der Waals surface area contributed by atoms with Gasteiger partial charge in [-0.2, -0.15) is 0 Å². The third-order valence-corrected chi connectivity index (χ3v) is 6.24. The van der Waals surface area contributed by atoms with Crippen molar-refractivity contribution in [2.24, 2.45) is 0 Å². The third kappa shape index (κ3) is 2.31. The van der Waals surface area contributed by atoms with Gasteiger partial charge in [0.1, 0.15) is 5.01 Å². The van der Waals surface area contributed by atoms with Crippen LogP contribution in [0.1, 0.15) is 36.4 Å². The fourth-order valence-corrected chi connectivity index (χ4v) is 5.34. The van der Waals surface area contributed by atoms with Gasteiger partial charge in [-0.25, -0.2) is 4.98 Å². The van der Waals surface area contributed by atoms with Crippen molar-refractivity contribution in [2.75, 3.05) is 6.54 Å². The van der Waals surface area contributed by atoms with E-state index in [2.05, 4.69) is 41.9 Å². The van der Waals surface area contributed by atoms with Crippen molar-refractivity contribution >= 4 is 32.8 Å². The van der Waals surface area contributed by atoms with Gasteiger partial charge in [-0.1, -0.05) is 25.1 Å². The van der Waals surface area contributed by atoms with Crippen LogP contribution >= 0.6 is 22.7 Å². The molecule has 0 radical (unpaired) electrons. The van der Waals surface area contributed by atoms with Gasteiger partial charge in [0.05, 0.1) is 11.7 Å². The maximum Gasteiger partial charge on any atom is 0.125 e. The van der Waals surface area contributed by atoms with E-state index in [1.807, 2.05) is 22.7 Å². The zero-order chi connectivity index (χ0) is 14.2. The third-order valence-electron chi connectivity index (χ3n) is 4.12. The Morgan fingerprint density at radius 3 is 3.14 bits per heavy atom. The van der Waals surface area contributed by atoms with Crippen LogP contribution in [0.5, 0.6) is 0 Å². The second kappa shape index (κ2) is 5.52. The molecule has 0 fully saturated rings. The molecule has 0 saturated carbocycles. The second-order valence-electron chi connectivity index (χ2n) is 5.48. The van der Waals surface area contributed by atoms with Crippen molar-refractivity contribution in [2.45, 2.75) is 32.2 Å². The summed E-state index contributed by atoms with van der Waals surface area (Å²) < 4.78 is 1.35. The Hall–Kier alpha value is -1.23. The summed E-state index contributed by atoms with van der Waals surface area (Å²) in [7, 11) is 0. The zero-order valence-corrected chi connectivity index (χ0v) is 13.7. The summed E-state index contributed by atoms with van der Waals surface area (Å²) in [4.78, 5) is 6.49. The van der Waals surface area contributed by atoms with Gasteiger partial charge in [0.15, 0.2) is 0 Å². The summed E-state index contributed by atoms with van der Waals surface area (Å²) in [5.74, 6) is 0. The second-order valence-corrected chi connectivity index (χ2v) is 7.47. The fraction of sp³-hybridized carbons (Fsp3) is 0.353. The Morgan fingerprint density at radius 2 is 2.24 bits per heavy atom. The van der Waals surface area contributed by atoms with E-state index in [4.69, 9.17) is 4.98 Å². The summed E-state index contributed by atoms with van der Waals surface area (Å²) in [5, 5.41) is 8.38. The van der Waals surface area contributed by atoms with E-state index < -0.39 is 0 Å². The first-order valence-corrected chi connectivity index (χ1v) is 9.26. The summed E-state index contributed by atoms with van der Waals surface area (Å²) in [6, 6.07) is 9.08. The normalized spacial score (nSPS) is 18.0. The minimum absolute atomic E-state index is 0.452. The van der Waals surface area contributed by atoms with Crippen molar-refractivity contribution < 1.29 is 0 Å². The summed E-state index contributed by atoms with van der Waals surface area (Å²) >= 11 is 3.71. The molecule has 2 nitrogen and oxygen atoms in total. The Kier molecular flexibility index (Phi) is 3.53. The molecule has 3 aromatic rings. The highest BCUT2D eigenvalue weighted by molar-refractivity contribution is 7.19. The maximum atomic E-state index is 5.01. The molecule has 108 valence electrons.